The molecule has 16 heavy (non-hydrogen) atoms. The zero-order valence-corrected chi connectivity index (χ0v) is 10.3. The van der Waals surface area contributed by atoms with Crippen LogP contribution in [0.1, 0.15) is 61.9 Å². The first-order valence-corrected chi connectivity index (χ1v) is 6.36. The first-order chi connectivity index (χ1) is 7.73. The van der Waals surface area contributed by atoms with Gasteiger partial charge in [-0.15, -0.1) is 0 Å². The van der Waals surface area contributed by atoms with Crippen molar-refractivity contribution in [1.29, 1.82) is 0 Å². The predicted molar refractivity (Wildman–Crippen MR) is 66.9 cm³/mol. The molecule has 0 fully saturated rings. The first-order valence-electron chi connectivity index (χ1n) is 6.36. The van der Waals surface area contributed by atoms with Gasteiger partial charge in [-0.25, -0.2) is 0 Å². The Labute approximate surface area is 97.9 Å². The van der Waals surface area contributed by atoms with Crippen molar-refractivity contribution in [3.05, 3.63) is 35.4 Å². The van der Waals surface area contributed by atoms with E-state index in [4.69, 9.17) is 0 Å². The molecule has 0 spiro atoms. The second-order valence-electron chi connectivity index (χ2n) is 4.93. The third kappa shape index (κ3) is 1.68. The molecule has 0 saturated carbocycles. The molecule has 0 atom stereocenters. The van der Waals surface area contributed by atoms with Crippen LogP contribution in [-0.2, 0) is 5.41 Å². The van der Waals surface area contributed by atoms with Gasteiger partial charge in [-0.1, -0.05) is 51.0 Å². The Bertz CT molecular complexity index is 386. The lowest BCUT2D eigenvalue weighted by Crippen LogP contribution is -2.23. The van der Waals surface area contributed by atoms with Crippen molar-refractivity contribution in [2.24, 2.45) is 0 Å². The minimum Gasteiger partial charge on any atom is -0.294 e. The van der Waals surface area contributed by atoms with Crippen LogP contribution >= 0.6 is 0 Å². The lowest BCUT2D eigenvalue weighted by atomic mass is 9.74. The molecule has 1 aromatic carbocycles. The van der Waals surface area contributed by atoms with E-state index in [1.807, 2.05) is 12.1 Å². The number of hydrogen-bond acceptors (Lipinski definition) is 1. The van der Waals surface area contributed by atoms with Crippen molar-refractivity contribution >= 4 is 5.78 Å². The Morgan fingerprint density at radius 2 is 1.75 bits per heavy atom. The van der Waals surface area contributed by atoms with Gasteiger partial charge in [0.05, 0.1) is 0 Å². The van der Waals surface area contributed by atoms with Crippen LogP contribution in [0.15, 0.2) is 24.3 Å². The predicted octanol–water partition coefficient (Wildman–Crippen LogP) is 4.11. The van der Waals surface area contributed by atoms with E-state index >= 15 is 0 Å². The Kier molecular flexibility index (Phi) is 3.13. The number of hydrogen-bond donors (Lipinski definition) is 0. The Morgan fingerprint density at radius 3 is 2.38 bits per heavy atom. The summed E-state index contributed by atoms with van der Waals surface area (Å²) < 4.78 is 0. The Balaban J connectivity index is 2.45. The number of fused-ring (bicyclic) bond motifs is 1. The summed E-state index contributed by atoms with van der Waals surface area (Å²) in [6, 6.07) is 8.19. The fraction of sp³-hybridized carbons (Fsp3) is 0.533. The largest absolute Gasteiger partial charge is 0.294 e. The van der Waals surface area contributed by atoms with Crippen molar-refractivity contribution in [2.75, 3.05) is 0 Å². The first kappa shape index (κ1) is 11.4. The van der Waals surface area contributed by atoms with Crippen LogP contribution in [0.4, 0.5) is 0 Å². The molecule has 0 heterocycles. The van der Waals surface area contributed by atoms with Crippen molar-refractivity contribution in [2.45, 2.75) is 51.4 Å². The SMILES string of the molecule is CCCC1(CCC)CC(=O)c2ccccc21. The van der Waals surface area contributed by atoms with Crippen LogP contribution in [0.2, 0.25) is 0 Å². The molecule has 1 nitrogen and oxygen atoms in total. The van der Waals surface area contributed by atoms with E-state index in [2.05, 4.69) is 26.0 Å². The normalized spacial score (nSPS) is 17.5. The average molecular weight is 216 g/mol. The molecule has 1 heteroatoms. The number of ketones is 1. The molecule has 0 N–H and O–H groups in total. The molecule has 0 bridgehead atoms. The summed E-state index contributed by atoms with van der Waals surface area (Å²) in [5.41, 5.74) is 2.44. The van der Waals surface area contributed by atoms with Crippen LogP contribution < -0.4 is 0 Å². The van der Waals surface area contributed by atoms with Gasteiger partial charge in [-0.2, -0.15) is 0 Å². The summed E-state index contributed by atoms with van der Waals surface area (Å²) >= 11 is 0. The smallest absolute Gasteiger partial charge is 0.164 e. The van der Waals surface area contributed by atoms with Crippen molar-refractivity contribution in [1.82, 2.24) is 0 Å². The highest BCUT2D eigenvalue weighted by Crippen LogP contribution is 2.45. The van der Waals surface area contributed by atoms with Crippen molar-refractivity contribution < 1.29 is 4.79 Å². The van der Waals surface area contributed by atoms with E-state index in [0.29, 0.717) is 5.78 Å². The van der Waals surface area contributed by atoms with Crippen LogP contribution in [0.5, 0.6) is 0 Å². The third-order valence-corrected chi connectivity index (χ3v) is 3.75. The molecular formula is C15H20O. The monoisotopic (exact) mass is 216 g/mol. The van der Waals surface area contributed by atoms with E-state index in [0.717, 1.165) is 37.7 Å². The molecule has 1 aromatic rings. The fourth-order valence-corrected chi connectivity index (χ4v) is 3.21. The zero-order chi connectivity index (χ0) is 11.6. The lowest BCUT2D eigenvalue weighted by molar-refractivity contribution is 0.0968. The van der Waals surface area contributed by atoms with Gasteiger partial charge in [0.2, 0.25) is 0 Å². The van der Waals surface area contributed by atoms with Gasteiger partial charge in [0.15, 0.2) is 5.78 Å². The third-order valence-electron chi connectivity index (χ3n) is 3.75. The van der Waals surface area contributed by atoms with Gasteiger partial charge in [-0.3, -0.25) is 4.79 Å². The van der Waals surface area contributed by atoms with Gasteiger partial charge in [0.25, 0.3) is 0 Å². The Morgan fingerprint density at radius 1 is 1.12 bits per heavy atom. The van der Waals surface area contributed by atoms with E-state index in [1.165, 1.54) is 5.56 Å². The maximum Gasteiger partial charge on any atom is 0.164 e. The van der Waals surface area contributed by atoms with Gasteiger partial charge in [0, 0.05) is 17.4 Å². The molecule has 86 valence electrons. The molecule has 0 unspecified atom stereocenters. The van der Waals surface area contributed by atoms with Crippen LogP contribution in [0, 0.1) is 0 Å². The quantitative estimate of drug-likeness (QED) is 0.740. The summed E-state index contributed by atoms with van der Waals surface area (Å²) in [5, 5.41) is 0. The summed E-state index contributed by atoms with van der Waals surface area (Å²) in [5.74, 6) is 0.345. The van der Waals surface area contributed by atoms with Gasteiger partial charge >= 0.3 is 0 Å². The average Bonchev–Trinajstić information content (AvgIpc) is 2.55. The maximum absolute atomic E-state index is 12.0. The van der Waals surface area contributed by atoms with Crippen LogP contribution in [-0.4, -0.2) is 5.78 Å². The molecule has 1 aliphatic carbocycles. The van der Waals surface area contributed by atoms with Crippen molar-refractivity contribution in [3.8, 4) is 0 Å². The Hall–Kier alpha value is -1.11. The summed E-state index contributed by atoms with van der Waals surface area (Å²) in [6.07, 6.45) is 5.32. The zero-order valence-electron chi connectivity index (χ0n) is 10.3. The minimum atomic E-state index is 0.150. The number of carbonyl (C=O) groups is 1. The van der Waals surface area contributed by atoms with Gasteiger partial charge in [-0.05, 0) is 18.4 Å². The number of rotatable bonds is 4. The number of Topliss-reactive ketones (excluding diaryl/α,β-unsaturated/α-hetero) is 1. The molecule has 0 radical (unpaired) electrons. The number of carbonyl (C=O) groups excluding carboxylic acids is 1. The summed E-state index contributed by atoms with van der Waals surface area (Å²) in [7, 11) is 0. The summed E-state index contributed by atoms with van der Waals surface area (Å²) in [4.78, 5) is 12.0. The highest BCUT2D eigenvalue weighted by atomic mass is 16.1. The van der Waals surface area contributed by atoms with E-state index in [-0.39, 0.29) is 5.41 Å². The molecule has 0 saturated heterocycles. The summed E-state index contributed by atoms with van der Waals surface area (Å²) in [6.45, 7) is 4.42. The van der Waals surface area contributed by atoms with E-state index < -0.39 is 0 Å². The molecule has 2 rings (SSSR count). The van der Waals surface area contributed by atoms with E-state index in [1.54, 1.807) is 0 Å². The topological polar surface area (TPSA) is 17.1 Å². The molecular weight excluding hydrogens is 196 g/mol. The van der Waals surface area contributed by atoms with Gasteiger partial charge in [0.1, 0.15) is 0 Å². The molecule has 0 amide bonds. The highest BCUT2D eigenvalue weighted by molar-refractivity contribution is 6.02. The second kappa shape index (κ2) is 4.40. The minimum absolute atomic E-state index is 0.150. The fourth-order valence-electron chi connectivity index (χ4n) is 3.21. The van der Waals surface area contributed by atoms with Gasteiger partial charge < -0.3 is 0 Å². The lowest BCUT2D eigenvalue weighted by Gasteiger charge is -2.29. The molecule has 1 aliphatic rings. The standard InChI is InChI=1S/C15H20O/c1-3-9-15(10-4-2)11-14(16)12-7-5-6-8-13(12)15/h5-8H,3-4,9-11H2,1-2H3. The molecule has 0 aromatic heterocycles. The van der Waals surface area contributed by atoms with Crippen LogP contribution in [0.3, 0.4) is 0 Å². The highest BCUT2D eigenvalue weighted by Gasteiger charge is 2.41. The molecule has 0 aliphatic heterocycles. The van der Waals surface area contributed by atoms with Crippen molar-refractivity contribution in [3.63, 3.8) is 0 Å². The second-order valence-corrected chi connectivity index (χ2v) is 4.93. The maximum atomic E-state index is 12.0. The van der Waals surface area contributed by atoms with Crippen LogP contribution in [0.25, 0.3) is 0 Å². The number of benzene rings is 1. The van der Waals surface area contributed by atoms with E-state index in [9.17, 15) is 4.79 Å².